The maximum atomic E-state index is 12.3. The minimum Gasteiger partial charge on any atom is -0.329 e. The molecule has 31 heavy (non-hydrogen) atoms. The van der Waals surface area contributed by atoms with E-state index in [4.69, 9.17) is 11.6 Å². The molecule has 154 valence electrons. The molecule has 0 fully saturated rings. The van der Waals surface area contributed by atoms with Gasteiger partial charge in [0.05, 0.1) is 22.4 Å². The van der Waals surface area contributed by atoms with Crippen molar-refractivity contribution in [1.82, 2.24) is 29.8 Å². The molecule has 0 aliphatic carbocycles. The maximum Gasteiger partial charge on any atom is 0.276 e. The van der Waals surface area contributed by atoms with Gasteiger partial charge in [-0.3, -0.25) is 15.0 Å². The summed E-state index contributed by atoms with van der Waals surface area (Å²) >= 11 is 7.68. The molecule has 3 heterocycles. The Kier molecular flexibility index (Phi) is 4.85. The lowest BCUT2D eigenvalue weighted by molar-refractivity contribution is 0.102. The van der Waals surface area contributed by atoms with E-state index in [0.717, 1.165) is 22.2 Å². The Hall–Kier alpha value is -3.76. The van der Waals surface area contributed by atoms with Crippen molar-refractivity contribution in [1.29, 1.82) is 0 Å². The van der Waals surface area contributed by atoms with Gasteiger partial charge in [-0.15, -0.1) is 0 Å². The fourth-order valence-electron chi connectivity index (χ4n) is 3.05. The van der Waals surface area contributed by atoms with E-state index in [1.165, 1.54) is 11.5 Å². The summed E-state index contributed by atoms with van der Waals surface area (Å²) in [5.41, 5.74) is 4.12. The zero-order valence-electron chi connectivity index (χ0n) is 16.1. The summed E-state index contributed by atoms with van der Waals surface area (Å²) in [6.45, 7) is 1.84. The smallest absolute Gasteiger partial charge is 0.276 e. The van der Waals surface area contributed by atoms with E-state index in [1.807, 2.05) is 37.3 Å². The van der Waals surface area contributed by atoms with Gasteiger partial charge >= 0.3 is 0 Å². The van der Waals surface area contributed by atoms with Gasteiger partial charge < -0.3 is 10.6 Å². The highest BCUT2D eigenvalue weighted by Crippen LogP contribution is 2.33. The second-order valence-corrected chi connectivity index (χ2v) is 7.91. The molecule has 4 N–H and O–H groups in total. The van der Waals surface area contributed by atoms with Crippen molar-refractivity contribution in [3.8, 4) is 11.4 Å². The number of rotatable bonds is 5. The molecule has 0 atom stereocenters. The molecule has 0 bridgehead atoms. The highest BCUT2D eigenvalue weighted by Gasteiger charge is 2.13. The lowest BCUT2D eigenvalue weighted by atomic mass is 10.2. The summed E-state index contributed by atoms with van der Waals surface area (Å²) in [5, 5.41) is 21.6. The Morgan fingerprint density at radius 1 is 1.16 bits per heavy atom. The molecule has 0 spiro atoms. The third-order valence-electron chi connectivity index (χ3n) is 4.54. The molecule has 1 amide bonds. The monoisotopic (exact) mass is 450 g/mol. The van der Waals surface area contributed by atoms with E-state index in [-0.39, 0.29) is 5.91 Å². The van der Waals surface area contributed by atoms with Crippen LogP contribution in [0.25, 0.3) is 22.3 Å². The van der Waals surface area contributed by atoms with Crippen molar-refractivity contribution < 1.29 is 4.79 Å². The van der Waals surface area contributed by atoms with Crippen LogP contribution in [-0.2, 0) is 0 Å². The standard InChI is InChI=1S/C20H15ClN8OS/c1-10-7-16(28-26-10)19(30)23-12-4-2-3-11(8-12)18-25-20(31-29-18)24-15-6-5-14-13(17(15)21)9-22-27-14/h2-9H,1H3,(H,22,27)(H,23,30)(H,26,28)(H,24,25,29). The summed E-state index contributed by atoms with van der Waals surface area (Å²) in [6.07, 6.45) is 1.68. The van der Waals surface area contributed by atoms with Crippen molar-refractivity contribution in [3.05, 3.63) is 65.1 Å². The lowest BCUT2D eigenvalue weighted by Crippen LogP contribution is -2.12. The number of aromatic nitrogens is 6. The van der Waals surface area contributed by atoms with E-state index in [1.54, 1.807) is 18.3 Å². The number of carbonyl (C=O) groups is 1. The molecule has 5 aromatic rings. The second-order valence-electron chi connectivity index (χ2n) is 6.78. The van der Waals surface area contributed by atoms with E-state index in [0.29, 0.717) is 33.0 Å². The molecule has 9 nitrogen and oxygen atoms in total. The van der Waals surface area contributed by atoms with Gasteiger partial charge in [-0.05, 0) is 37.3 Å². The molecular formula is C20H15ClN8OS. The van der Waals surface area contributed by atoms with E-state index >= 15 is 0 Å². The van der Waals surface area contributed by atoms with Crippen LogP contribution in [0.2, 0.25) is 5.02 Å². The number of benzene rings is 2. The fourth-order valence-corrected chi connectivity index (χ4v) is 3.91. The predicted molar refractivity (Wildman–Crippen MR) is 121 cm³/mol. The Labute approximate surface area is 185 Å². The number of halogens is 1. The van der Waals surface area contributed by atoms with Crippen LogP contribution in [0.15, 0.2) is 48.7 Å². The molecule has 0 unspecified atom stereocenters. The summed E-state index contributed by atoms with van der Waals surface area (Å²) < 4.78 is 4.42. The molecule has 0 radical (unpaired) electrons. The lowest BCUT2D eigenvalue weighted by Gasteiger charge is -2.05. The SMILES string of the molecule is Cc1cc(C(=O)Nc2cccc(-c3nsc(Nc4ccc5[nH]ncc5c4Cl)n3)c2)n[nH]1. The van der Waals surface area contributed by atoms with Crippen molar-refractivity contribution in [2.75, 3.05) is 10.6 Å². The van der Waals surface area contributed by atoms with Crippen LogP contribution in [0, 0.1) is 6.92 Å². The van der Waals surface area contributed by atoms with Gasteiger partial charge in [0.2, 0.25) is 5.13 Å². The number of aryl methyl sites for hydroxylation is 1. The Bertz CT molecular complexity index is 1410. The van der Waals surface area contributed by atoms with Crippen LogP contribution in [0.3, 0.4) is 0 Å². The summed E-state index contributed by atoms with van der Waals surface area (Å²) in [7, 11) is 0. The normalized spacial score (nSPS) is 11.0. The number of hydrogen-bond donors (Lipinski definition) is 4. The third-order valence-corrected chi connectivity index (χ3v) is 5.58. The first-order valence-corrected chi connectivity index (χ1v) is 10.4. The minimum atomic E-state index is -0.292. The number of anilines is 3. The van der Waals surface area contributed by atoms with Crippen molar-refractivity contribution >= 4 is 56.4 Å². The van der Waals surface area contributed by atoms with Crippen molar-refractivity contribution in [3.63, 3.8) is 0 Å². The van der Waals surface area contributed by atoms with Gasteiger partial charge in [0, 0.05) is 33.9 Å². The fraction of sp³-hybridized carbons (Fsp3) is 0.0500. The third kappa shape index (κ3) is 3.86. The van der Waals surface area contributed by atoms with Crippen LogP contribution in [0.4, 0.5) is 16.5 Å². The Morgan fingerprint density at radius 3 is 2.90 bits per heavy atom. The van der Waals surface area contributed by atoms with Crippen molar-refractivity contribution in [2.45, 2.75) is 6.92 Å². The highest BCUT2D eigenvalue weighted by molar-refractivity contribution is 7.10. The Balaban J connectivity index is 1.35. The average Bonchev–Trinajstić information content (AvgIpc) is 3.51. The molecule has 0 aliphatic heterocycles. The molecule has 5 rings (SSSR count). The maximum absolute atomic E-state index is 12.3. The van der Waals surface area contributed by atoms with Crippen molar-refractivity contribution in [2.24, 2.45) is 0 Å². The number of carbonyl (C=O) groups excluding carboxylic acids is 1. The number of fused-ring (bicyclic) bond motifs is 1. The van der Waals surface area contributed by atoms with Crippen LogP contribution < -0.4 is 10.6 Å². The second kappa shape index (κ2) is 7.82. The largest absolute Gasteiger partial charge is 0.329 e. The van der Waals surface area contributed by atoms with Gasteiger partial charge in [-0.25, -0.2) is 0 Å². The van der Waals surface area contributed by atoms with Gasteiger partial charge in [0.25, 0.3) is 5.91 Å². The number of nitrogens with one attached hydrogen (secondary N) is 4. The first-order chi connectivity index (χ1) is 15.1. The molecular weight excluding hydrogens is 436 g/mol. The zero-order chi connectivity index (χ0) is 21.4. The summed E-state index contributed by atoms with van der Waals surface area (Å²) in [5.74, 6) is 0.249. The number of aromatic amines is 2. The average molecular weight is 451 g/mol. The van der Waals surface area contributed by atoms with Gasteiger partial charge in [0.1, 0.15) is 0 Å². The van der Waals surface area contributed by atoms with Crippen LogP contribution in [-0.4, -0.2) is 35.7 Å². The minimum absolute atomic E-state index is 0.292. The molecule has 2 aromatic carbocycles. The first kappa shape index (κ1) is 19.2. The van der Waals surface area contributed by atoms with Gasteiger partial charge in [-0.1, -0.05) is 23.7 Å². The van der Waals surface area contributed by atoms with E-state index in [9.17, 15) is 4.79 Å². The first-order valence-electron chi connectivity index (χ1n) is 9.23. The molecule has 0 aliphatic rings. The quantitative estimate of drug-likeness (QED) is 0.306. The van der Waals surface area contributed by atoms with Crippen LogP contribution in [0.1, 0.15) is 16.2 Å². The Morgan fingerprint density at radius 2 is 2.06 bits per heavy atom. The topological polar surface area (TPSA) is 124 Å². The molecule has 0 saturated carbocycles. The van der Waals surface area contributed by atoms with E-state index < -0.39 is 0 Å². The highest BCUT2D eigenvalue weighted by atomic mass is 35.5. The molecule has 11 heteroatoms. The number of nitrogens with zero attached hydrogens (tertiary/aromatic N) is 4. The molecule has 3 aromatic heterocycles. The predicted octanol–water partition coefficient (Wildman–Crippen LogP) is 4.76. The van der Waals surface area contributed by atoms with Crippen LogP contribution >= 0.6 is 23.1 Å². The summed E-state index contributed by atoms with van der Waals surface area (Å²) in [4.78, 5) is 16.9. The summed E-state index contributed by atoms with van der Waals surface area (Å²) in [6, 6.07) is 12.8. The van der Waals surface area contributed by atoms with Gasteiger partial charge in [0.15, 0.2) is 11.5 Å². The molecule has 0 saturated heterocycles. The zero-order valence-corrected chi connectivity index (χ0v) is 17.7. The van der Waals surface area contributed by atoms with Crippen LogP contribution in [0.5, 0.6) is 0 Å². The number of amides is 1. The van der Waals surface area contributed by atoms with Gasteiger partial charge in [-0.2, -0.15) is 19.6 Å². The number of H-pyrrole nitrogens is 2. The van der Waals surface area contributed by atoms with E-state index in [2.05, 4.69) is 40.4 Å². The number of hydrogen-bond acceptors (Lipinski definition) is 7.